The van der Waals surface area contributed by atoms with Gasteiger partial charge in [-0.25, -0.2) is 0 Å². The fourth-order valence-corrected chi connectivity index (χ4v) is 1.16. The van der Waals surface area contributed by atoms with Crippen LogP contribution < -0.4 is 0 Å². The normalized spacial score (nSPS) is 22.2. The number of rotatable bonds is 0. The van der Waals surface area contributed by atoms with Crippen LogP contribution in [-0.2, 0) is 21.1 Å². The third-order valence-electron chi connectivity index (χ3n) is 1.59. The molecule has 0 aliphatic heterocycles. The van der Waals surface area contributed by atoms with Crippen LogP contribution in [0.2, 0.25) is 0 Å². The summed E-state index contributed by atoms with van der Waals surface area (Å²) in [5.74, 6) is 2.28. The molecule has 2 rings (SSSR count). The zero-order valence-electron chi connectivity index (χ0n) is 4.50. The van der Waals surface area contributed by atoms with E-state index in [-0.39, 0.29) is 21.1 Å². The van der Waals surface area contributed by atoms with Crippen molar-refractivity contribution in [1.82, 2.24) is 0 Å². The van der Waals surface area contributed by atoms with Gasteiger partial charge < -0.3 is 0 Å². The Morgan fingerprint density at radius 1 is 1.25 bits per heavy atom. The van der Waals surface area contributed by atoms with Crippen LogP contribution in [0.5, 0.6) is 0 Å². The van der Waals surface area contributed by atoms with Gasteiger partial charge in [-0.3, -0.25) is 0 Å². The molecule has 0 aromatic heterocycles. The molecule has 0 saturated carbocycles. The van der Waals surface area contributed by atoms with Gasteiger partial charge in [0.05, 0.1) is 0 Å². The second-order valence-corrected chi connectivity index (χ2v) is 2.16. The number of hydrogen-bond acceptors (Lipinski definition) is 0. The van der Waals surface area contributed by atoms with E-state index >= 15 is 0 Å². The molecule has 0 fully saturated rings. The van der Waals surface area contributed by atoms with Crippen molar-refractivity contribution in [3.8, 4) is 0 Å². The van der Waals surface area contributed by atoms with Crippen molar-refractivity contribution < 1.29 is 21.1 Å². The SMILES string of the molecule is C1=CC2C=C[C-]1C2.[Mo]. The summed E-state index contributed by atoms with van der Waals surface area (Å²) in [7, 11) is 0. The van der Waals surface area contributed by atoms with Crippen molar-refractivity contribution in [2.24, 2.45) is 5.92 Å². The van der Waals surface area contributed by atoms with Gasteiger partial charge in [0, 0.05) is 21.1 Å². The predicted octanol–water partition coefficient (Wildman–Crippen LogP) is 1.70. The summed E-state index contributed by atoms with van der Waals surface area (Å²) < 4.78 is 0. The summed E-state index contributed by atoms with van der Waals surface area (Å²) in [5, 5.41) is 0. The molecule has 1 heteroatoms. The van der Waals surface area contributed by atoms with Gasteiger partial charge in [-0.05, 0) is 0 Å². The Bertz CT molecular complexity index is 107. The molecule has 42 valence electrons. The minimum atomic E-state index is 0. The average Bonchev–Trinajstić information content (AvgIpc) is 2.22. The van der Waals surface area contributed by atoms with E-state index in [2.05, 4.69) is 24.3 Å². The van der Waals surface area contributed by atoms with E-state index in [4.69, 9.17) is 0 Å². The van der Waals surface area contributed by atoms with Crippen LogP contribution in [0.25, 0.3) is 0 Å². The standard InChI is InChI=1S/C7H7.Mo/c1-2-7-4-3-6(1)5-7;/h1-4,6H,5H2;/q-1;. The Morgan fingerprint density at radius 3 is 2.00 bits per heavy atom. The third kappa shape index (κ3) is 0.778. The van der Waals surface area contributed by atoms with Crippen molar-refractivity contribution in [2.45, 2.75) is 6.42 Å². The predicted molar refractivity (Wildman–Crippen MR) is 29.6 cm³/mol. The Balaban J connectivity index is 0.000000320. The summed E-state index contributed by atoms with van der Waals surface area (Å²) in [6.07, 6.45) is 10.2. The van der Waals surface area contributed by atoms with Crippen LogP contribution in [0.15, 0.2) is 24.3 Å². The van der Waals surface area contributed by atoms with Crippen LogP contribution in [0.3, 0.4) is 0 Å². The van der Waals surface area contributed by atoms with Crippen LogP contribution in [-0.4, -0.2) is 0 Å². The largest absolute Gasteiger partial charge is 0.184 e. The van der Waals surface area contributed by atoms with E-state index in [9.17, 15) is 0 Å². The topological polar surface area (TPSA) is 0 Å². The van der Waals surface area contributed by atoms with Gasteiger partial charge in [0.15, 0.2) is 0 Å². The molecule has 2 aliphatic carbocycles. The monoisotopic (exact) mass is 189 g/mol. The van der Waals surface area contributed by atoms with E-state index in [0.29, 0.717) is 0 Å². The number of fused-ring (bicyclic) bond motifs is 2. The second-order valence-electron chi connectivity index (χ2n) is 2.16. The maximum absolute atomic E-state index is 2.26. The molecular weight excluding hydrogens is 180 g/mol. The fourth-order valence-electron chi connectivity index (χ4n) is 1.16. The molecule has 0 heterocycles. The van der Waals surface area contributed by atoms with Crippen molar-refractivity contribution in [3.05, 3.63) is 30.2 Å². The molecule has 0 nitrogen and oxygen atoms in total. The first kappa shape index (κ1) is 6.16. The summed E-state index contributed by atoms with van der Waals surface area (Å²) in [6, 6.07) is 0. The molecule has 2 bridgehead atoms. The molecule has 0 amide bonds. The van der Waals surface area contributed by atoms with Crippen LogP contribution in [0, 0.1) is 11.8 Å². The zero-order chi connectivity index (χ0) is 4.69. The fraction of sp³-hybridized carbons (Fsp3) is 0.286. The molecule has 0 aromatic carbocycles. The first-order chi connectivity index (χ1) is 3.45. The Labute approximate surface area is 63.9 Å². The van der Waals surface area contributed by atoms with Crippen molar-refractivity contribution in [3.63, 3.8) is 0 Å². The van der Waals surface area contributed by atoms with Gasteiger partial charge in [0.2, 0.25) is 0 Å². The molecule has 2 aliphatic rings. The maximum Gasteiger partial charge on any atom is 0 e. The summed E-state index contributed by atoms with van der Waals surface area (Å²) in [5.41, 5.74) is 0. The number of hydrogen-bond donors (Lipinski definition) is 0. The Morgan fingerprint density at radius 2 is 1.88 bits per heavy atom. The van der Waals surface area contributed by atoms with Gasteiger partial charge >= 0.3 is 0 Å². The first-order valence-corrected chi connectivity index (χ1v) is 2.67. The van der Waals surface area contributed by atoms with Gasteiger partial charge in [0.1, 0.15) is 0 Å². The van der Waals surface area contributed by atoms with Gasteiger partial charge in [-0.1, -0.05) is 6.42 Å². The average molecular weight is 187 g/mol. The van der Waals surface area contributed by atoms with Crippen molar-refractivity contribution >= 4 is 0 Å². The first-order valence-electron chi connectivity index (χ1n) is 2.67. The molecule has 0 unspecified atom stereocenters. The molecule has 0 saturated heterocycles. The summed E-state index contributed by atoms with van der Waals surface area (Å²) >= 11 is 0. The third-order valence-corrected chi connectivity index (χ3v) is 1.59. The second kappa shape index (κ2) is 2.11. The van der Waals surface area contributed by atoms with E-state index < -0.39 is 0 Å². The summed E-state index contributed by atoms with van der Waals surface area (Å²) in [6.45, 7) is 0. The zero-order valence-corrected chi connectivity index (χ0v) is 6.51. The molecule has 0 atom stereocenters. The van der Waals surface area contributed by atoms with E-state index in [0.717, 1.165) is 5.92 Å². The molecule has 0 spiro atoms. The van der Waals surface area contributed by atoms with Gasteiger partial charge in [-0.15, -0.1) is 5.92 Å². The van der Waals surface area contributed by atoms with E-state index in [1.54, 1.807) is 0 Å². The van der Waals surface area contributed by atoms with Crippen molar-refractivity contribution in [2.75, 3.05) is 0 Å². The Hall–Kier alpha value is 0.0383. The quantitative estimate of drug-likeness (QED) is 0.400. The van der Waals surface area contributed by atoms with E-state index in [1.807, 2.05) is 0 Å². The number of allylic oxidation sites excluding steroid dienone is 4. The Kier molecular flexibility index (Phi) is 1.62. The van der Waals surface area contributed by atoms with Crippen LogP contribution >= 0.6 is 0 Å². The molecule has 0 aromatic rings. The van der Waals surface area contributed by atoms with Gasteiger partial charge in [0.25, 0.3) is 0 Å². The maximum atomic E-state index is 2.26. The molecule has 0 radical (unpaired) electrons. The van der Waals surface area contributed by atoms with Gasteiger partial charge in [-0.2, -0.15) is 30.2 Å². The smallest absolute Gasteiger partial charge is 0 e. The van der Waals surface area contributed by atoms with Crippen molar-refractivity contribution in [1.29, 1.82) is 0 Å². The van der Waals surface area contributed by atoms with E-state index in [1.165, 1.54) is 12.3 Å². The molecule has 8 heavy (non-hydrogen) atoms. The minimum Gasteiger partial charge on any atom is -0.184 e. The van der Waals surface area contributed by atoms with Crippen LogP contribution in [0.1, 0.15) is 6.42 Å². The van der Waals surface area contributed by atoms with Crippen LogP contribution in [0.4, 0.5) is 0 Å². The molecule has 0 N–H and O–H groups in total. The summed E-state index contributed by atoms with van der Waals surface area (Å²) in [4.78, 5) is 0. The molecular formula is C7H7Mo-. The minimum absolute atomic E-state index is 0.